The number of benzene rings is 2. The highest BCUT2D eigenvalue weighted by Gasteiger charge is 2.44. The van der Waals surface area contributed by atoms with Gasteiger partial charge in [0, 0.05) is 35.7 Å². The van der Waals surface area contributed by atoms with Gasteiger partial charge < -0.3 is 9.84 Å². The zero-order valence-electron chi connectivity index (χ0n) is 18.9. The number of anilines is 1. The van der Waals surface area contributed by atoms with Gasteiger partial charge in [-0.2, -0.15) is 0 Å². The number of carbonyl (C=O) groups excluding carboxylic acids is 2. The lowest BCUT2D eigenvalue weighted by Crippen LogP contribution is -2.43. The van der Waals surface area contributed by atoms with Crippen LogP contribution in [0.4, 0.5) is 5.69 Å². The third-order valence-corrected chi connectivity index (χ3v) is 6.50. The van der Waals surface area contributed by atoms with Crippen molar-refractivity contribution in [3.8, 4) is 5.75 Å². The molecule has 33 heavy (non-hydrogen) atoms. The smallest absolute Gasteiger partial charge is 0.337 e. The summed E-state index contributed by atoms with van der Waals surface area (Å²) in [6, 6.07) is 12.0. The summed E-state index contributed by atoms with van der Waals surface area (Å²) in [5, 5.41) is 9.59. The Morgan fingerprint density at radius 2 is 1.85 bits per heavy atom. The maximum atomic E-state index is 13.5. The first-order valence-electron chi connectivity index (χ1n) is 11.0. The number of hydrogen-bond acceptors (Lipinski definition) is 4. The molecule has 2 aliphatic rings. The van der Waals surface area contributed by atoms with Gasteiger partial charge in [-0.05, 0) is 54.7 Å². The molecule has 0 saturated heterocycles. The lowest BCUT2D eigenvalue weighted by atomic mass is 9.69. The molecule has 172 valence electrons. The SMILES string of the molecule is CCOc1ccc(C2CC(=O)N(c3ccc(Cl)c(C(=O)O)c3)C3=C2C(=O)CC(C)(C)C3)cc1. The fourth-order valence-electron chi connectivity index (χ4n) is 4.78. The van der Waals surface area contributed by atoms with Gasteiger partial charge in [-0.1, -0.05) is 37.6 Å². The van der Waals surface area contributed by atoms with Crippen molar-refractivity contribution in [2.75, 3.05) is 11.5 Å². The number of allylic oxidation sites excluding steroid dienone is 2. The van der Waals surface area contributed by atoms with Crippen molar-refractivity contribution < 1.29 is 24.2 Å². The van der Waals surface area contributed by atoms with Gasteiger partial charge >= 0.3 is 5.97 Å². The number of ether oxygens (including phenoxy) is 1. The molecule has 0 saturated carbocycles. The number of carboxylic acid groups (broad SMARTS) is 1. The highest BCUT2D eigenvalue weighted by Crippen LogP contribution is 2.48. The molecule has 0 bridgehead atoms. The van der Waals surface area contributed by atoms with E-state index in [0.29, 0.717) is 36.4 Å². The standard InChI is InChI=1S/C26H26ClNO5/c1-4-33-17-8-5-15(6-9-17)18-12-23(30)28(16-7-10-20(27)19(11-16)25(31)32)21-13-26(2,3)14-22(29)24(18)21/h5-11,18H,4,12-14H2,1-3H3,(H,31,32). The van der Waals surface area contributed by atoms with Crippen molar-refractivity contribution in [1.82, 2.24) is 0 Å². The average Bonchev–Trinajstić information content (AvgIpc) is 2.73. The molecule has 6 nitrogen and oxygen atoms in total. The molecule has 1 atom stereocenters. The highest BCUT2D eigenvalue weighted by atomic mass is 35.5. The predicted octanol–water partition coefficient (Wildman–Crippen LogP) is 5.60. The molecule has 0 fully saturated rings. The molecule has 1 unspecified atom stereocenters. The minimum Gasteiger partial charge on any atom is -0.494 e. The molecule has 2 aromatic rings. The van der Waals surface area contributed by atoms with E-state index in [2.05, 4.69) is 0 Å². The second kappa shape index (κ2) is 8.67. The molecule has 4 rings (SSSR count). The summed E-state index contributed by atoms with van der Waals surface area (Å²) in [5.41, 5.74) is 2.16. The number of Topliss-reactive ketones (excluding diaryl/α,β-unsaturated/α-hetero) is 1. The Hall–Kier alpha value is -3.12. The van der Waals surface area contributed by atoms with Crippen LogP contribution in [0.25, 0.3) is 0 Å². The first kappa shape index (κ1) is 23.1. The van der Waals surface area contributed by atoms with Crippen molar-refractivity contribution >= 4 is 34.9 Å². The summed E-state index contributed by atoms with van der Waals surface area (Å²) < 4.78 is 5.53. The van der Waals surface area contributed by atoms with E-state index < -0.39 is 5.97 Å². The van der Waals surface area contributed by atoms with Crippen molar-refractivity contribution in [3.05, 3.63) is 69.9 Å². The van der Waals surface area contributed by atoms with E-state index in [1.807, 2.05) is 45.0 Å². The molecule has 1 aliphatic carbocycles. The molecule has 0 radical (unpaired) electrons. The van der Waals surface area contributed by atoms with Gasteiger partial charge in [-0.25, -0.2) is 4.79 Å². The van der Waals surface area contributed by atoms with Crippen LogP contribution in [0.2, 0.25) is 5.02 Å². The van der Waals surface area contributed by atoms with Gasteiger partial charge in [0.2, 0.25) is 5.91 Å². The largest absolute Gasteiger partial charge is 0.494 e. The zero-order chi connectivity index (χ0) is 23.9. The minimum atomic E-state index is -1.17. The second-order valence-electron chi connectivity index (χ2n) is 9.26. The molecule has 1 N–H and O–H groups in total. The van der Waals surface area contributed by atoms with Gasteiger partial charge in [0.15, 0.2) is 5.78 Å². The summed E-state index contributed by atoms with van der Waals surface area (Å²) in [5.74, 6) is -0.957. The van der Waals surface area contributed by atoms with E-state index in [-0.39, 0.29) is 40.0 Å². The summed E-state index contributed by atoms with van der Waals surface area (Å²) in [6.45, 7) is 6.47. The first-order valence-corrected chi connectivity index (χ1v) is 11.3. The molecule has 1 heterocycles. The summed E-state index contributed by atoms with van der Waals surface area (Å²) >= 11 is 6.05. The van der Waals surface area contributed by atoms with Crippen LogP contribution in [0.5, 0.6) is 5.75 Å². The first-order chi connectivity index (χ1) is 15.6. The number of ketones is 1. The van der Waals surface area contributed by atoms with Gasteiger partial charge in [0.05, 0.1) is 17.2 Å². The number of rotatable bonds is 5. The summed E-state index contributed by atoms with van der Waals surface area (Å²) in [6.07, 6.45) is 1.03. The second-order valence-corrected chi connectivity index (χ2v) is 9.67. The van der Waals surface area contributed by atoms with E-state index in [4.69, 9.17) is 16.3 Å². The van der Waals surface area contributed by atoms with Crippen LogP contribution >= 0.6 is 11.6 Å². The fourth-order valence-corrected chi connectivity index (χ4v) is 4.98. The number of amides is 1. The number of carbonyl (C=O) groups is 3. The predicted molar refractivity (Wildman–Crippen MR) is 126 cm³/mol. The van der Waals surface area contributed by atoms with Gasteiger partial charge in [0.1, 0.15) is 5.75 Å². The Morgan fingerprint density at radius 1 is 1.15 bits per heavy atom. The number of carboxylic acids is 1. The lowest BCUT2D eigenvalue weighted by Gasteiger charge is -2.43. The molecule has 0 spiro atoms. The molecule has 1 amide bonds. The third-order valence-electron chi connectivity index (χ3n) is 6.17. The third kappa shape index (κ3) is 4.40. The van der Waals surface area contributed by atoms with E-state index in [1.54, 1.807) is 6.07 Å². The lowest BCUT2D eigenvalue weighted by molar-refractivity contribution is -0.121. The Morgan fingerprint density at radius 3 is 2.48 bits per heavy atom. The normalized spacial score (nSPS) is 20.0. The van der Waals surface area contributed by atoms with Crippen molar-refractivity contribution in [3.63, 3.8) is 0 Å². The molecule has 0 aromatic heterocycles. The number of hydrogen-bond donors (Lipinski definition) is 1. The van der Waals surface area contributed by atoms with E-state index in [9.17, 15) is 19.5 Å². The molecule has 1 aliphatic heterocycles. The number of nitrogens with zero attached hydrogens (tertiary/aromatic N) is 1. The van der Waals surface area contributed by atoms with Crippen LogP contribution < -0.4 is 9.64 Å². The van der Waals surface area contributed by atoms with Crippen LogP contribution in [-0.4, -0.2) is 29.4 Å². The fraction of sp³-hybridized carbons (Fsp3) is 0.346. The Kier molecular flexibility index (Phi) is 6.06. The zero-order valence-corrected chi connectivity index (χ0v) is 19.6. The molecule has 7 heteroatoms. The van der Waals surface area contributed by atoms with E-state index in [1.165, 1.54) is 17.0 Å². The van der Waals surface area contributed by atoms with Crippen molar-refractivity contribution in [2.45, 2.75) is 46.0 Å². The molecule has 2 aromatic carbocycles. The Bertz CT molecular complexity index is 1170. The van der Waals surface area contributed by atoms with E-state index in [0.717, 1.165) is 11.3 Å². The van der Waals surface area contributed by atoms with E-state index >= 15 is 0 Å². The van der Waals surface area contributed by atoms with Crippen LogP contribution in [0.3, 0.4) is 0 Å². The van der Waals surface area contributed by atoms with Crippen molar-refractivity contribution in [2.24, 2.45) is 5.41 Å². The Balaban J connectivity index is 1.85. The minimum absolute atomic E-state index is 0.0186. The average molecular weight is 468 g/mol. The molecular weight excluding hydrogens is 442 g/mol. The topological polar surface area (TPSA) is 83.9 Å². The van der Waals surface area contributed by atoms with Crippen LogP contribution in [-0.2, 0) is 9.59 Å². The van der Waals surface area contributed by atoms with Crippen LogP contribution in [0, 0.1) is 5.41 Å². The summed E-state index contributed by atoms with van der Waals surface area (Å²) in [4.78, 5) is 40.0. The number of aromatic carboxylic acids is 1. The van der Waals surface area contributed by atoms with Crippen molar-refractivity contribution in [1.29, 1.82) is 0 Å². The van der Waals surface area contributed by atoms with Crippen LogP contribution in [0.1, 0.15) is 61.9 Å². The summed E-state index contributed by atoms with van der Waals surface area (Å²) in [7, 11) is 0. The number of halogens is 1. The van der Waals surface area contributed by atoms with Gasteiger partial charge in [-0.3, -0.25) is 14.5 Å². The maximum absolute atomic E-state index is 13.5. The Labute approximate surface area is 197 Å². The highest BCUT2D eigenvalue weighted by molar-refractivity contribution is 6.33. The quantitative estimate of drug-likeness (QED) is 0.618. The maximum Gasteiger partial charge on any atom is 0.337 e. The molecular formula is C26H26ClNO5. The monoisotopic (exact) mass is 467 g/mol. The van der Waals surface area contributed by atoms with Crippen LogP contribution in [0.15, 0.2) is 53.7 Å². The van der Waals surface area contributed by atoms with Gasteiger partial charge in [-0.15, -0.1) is 0 Å². The van der Waals surface area contributed by atoms with Gasteiger partial charge in [0.25, 0.3) is 0 Å².